The van der Waals surface area contributed by atoms with E-state index < -0.39 is 10.2 Å². The fraction of sp³-hybridized carbons (Fsp3) is 0.923. The summed E-state index contributed by atoms with van der Waals surface area (Å²) in [6, 6.07) is 2.19. The molecule has 1 heterocycles. The summed E-state index contributed by atoms with van der Waals surface area (Å²) in [5.74, 6) is 0.543. The van der Waals surface area contributed by atoms with E-state index in [0.717, 1.165) is 12.8 Å². The Morgan fingerprint density at radius 3 is 2.58 bits per heavy atom. The normalized spacial score (nSPS) is 26.1. The molecular weight excluding hydrogens is 262 g/mol. The molecule has 0 amide bonds. The van der Waals surface area contributed by atoms with Crippen LogP contribution in [-0.2, 0) is 10.2 Å². The fourth-order valence-corrected chi connectivity index (χ4v) is 5.03. The minimum absolute atomic E-state index is 0.192. The van der Waals surface area contributed by atoms with Crippen molar-refractivity contribution in [3.05, 3.63) is 0 Å². The highest BCUT2D eigenvalue weighted by molar-refractivity contribution is 7.86. The van der Waals surface area contributed by atoms with E-state index in [1.807, 2.05) is 6.07 Å². The summed E-state index contributed by atoms with van der Waals surface area (Å²) in [5, 5.41) is 8.59. The van der Waals surface area contributed by atoms with Crippen LogP contribution >= 0.6 is 0 Å². The minimum Gasteiger partial charge on any atom is -0.198 e. The molecule has 6 heteroatoms. The smallest absolute Gasteiger partial charge is 0.198 e. The first kappa shape index (κ1) is 14.8. The quantitative estimate of drug-likeness (QED) is 0.772. The maximum atomic E-state index is 12.5. The van der Waals surface area contributed by atoms with Crippen LogP contribution in [0.2, 0.25) is 0 Å². The minimum atomic E-state index is -3.38. The molecule has 1 atom stereocenters. The molecule has 0 aromatic rings. The maximum absolute atomic E-state index is 12.5. The molecule has 1 aliphatic carbocycles. The Kier molecular flexibility index (Phi) is 4.82. The lowest BCUT2D eigenvalue weighted by Crippen LogP contribution is -2.46. The molecule has 0 aromatic carbocycles. The molecule has 0 bridgehead atoms. The SMILES string of the molecule is CN(CCC#N)S(=O)(=O)N1CCCC1C1CCCC1. The van der Waals surface area contributed by atoms with E-state index in [4.69, 9.17) is 5.26 Å². The summed E-state index contributed by atoms with van der Waals surface area (Å²) in [7, 11) is -1.80. The first-order valence-corrected chi connectivity index (χ1v) is 8.57. The third-order valence-electron chi connectivity index (χ3n) is 4.42. The Hall–Kier alpha value is -0.640. The predicted molar refractivity (Wildman–Crippen MR) is 73.5 cm³/mol. The second kappa shape index (κ2) is 6.21. The Balaban J connectivity index is 2.07. The number of hydrogen-bond acceptors (Lipinski definition) is 3. The van der Waals surface area contributed by atoms with Gasteiger partial charge < -0.3 is 0 Å². The van der Waals surface area contributed by atoms with Crippen molar-refractivity contribution < 1.29 is 8.42 Å². The topological polar surface area (TPSA) is 64.4 Å². The van der Waals surface area contributed by atoms with E-state index in [-0.39, 0.29) is 19.0 Å². The van der Waals surface area contributed by atoms with Crippen LogP contribution in [0.15, 0.2) is 0 Å². The van der Waals surface area contributed by atoms with Crippen molar-refractivity contribution >= 4 is 10.2 Å². The molecule has 2 rings (SSSR count). The molecule has 0 N–H and O–H groups in total. The van der Waals surface area contributed by atoms with E-state index >= 15 is 0 Å². The predicted octanol–water partition coefficient (Wildman–Crippen LogP) is 1.73. The van der Waals surface area contributed by atoms with Crippen molar-refractivity contribution in [2.24, 2.45) is 5.92 Å². The first-order valence-electron chi connectivity index (χ1n) is 7.17. The van der Waals surface area contributed by atoms with Gasteiger partial charge in [0.1, 0.15) is 0 Å². The Morgan fingerprint density at radius 2 is 1.95 bits per heavy atom. The zero-order valence-corrected chi connectivity index (χ0v) is 12.4. The van der Waals surface area contributed by atoms with Crippen LogP contribution in [0.5, 0.6) is 0 Å². The monoisotopic (exact) mass is 285 g/mol. The second-order valence-electron chi connectivity index (χ2n) is 5.60. The summed E-state index contributed by atoms with van der Waals surface area (Å²) in [6.07, 6.45) is 7.01. The van der Waals surface area contributed by atoms with Crippen LogP contribution < -0.4 is 0 Å². The summed E-state index contributed by atoms with van der Waals surface area (Å²) in [4.78, 5) is 0. The standard InChI is InChI=1S/C13H23N3O2S/c1-15(10-5-9-14)19(17,18)16-11-4-8-13(16)12-6-2-3-7-12/h12-13H,2-8,10-11H2,1H3. The number of nitrogens with zero attached hydrogens (tertiary/aromatic N) is 3. The molecule has 1 aliphatic heterocycles. The zero-order chi connectivity index (χ0) is 13.9. The van der Waals surface area contributed by atoms with Crippen LogP contribution in [-0.4, -0.2) is 43.2 Å². The molecule has 1 saturated heterocycles. The number of rotatable bonds is 5. The van der Waals surface area contributed by atoms with E-state index in [9.17, 15) is 8.42 Å². The van der Waals surface area contributed by atoms with E-state index in [0.29, 0.717) is 12.5 Å². The number of hydrogen-bond donors (Lipinski definition) is 0. The van der Waals surface area contributed by atoms with Crippen LogP contribution in [0.4, 0.5) is 0 Å². The highest BCUT2D eigenvalue weighted by Crippen LogP contribution is 2.37. The van der Waals surface area contributed by atoms with Crippen molar-refractivity contribution in [3.8, 4) is 6.07 Å². The lowest BCUT2D eigenvalue weighted by Gasteiger charge is -2.31. The molecule has 2 aliphatic rings. The van der Waals surface area contributed by atoms with Crippen molar-refractivity contribution in [1.82, 2.24) is 8.61 Å². The third kappa shape index (κ3) is 3.10. The van der Waals surface area contributed by atoms with Gasteiger partial charge in [0.25, 0.3) is 10.2 Å². The Labute approximate surface area is 116 Å². The molecule has 1 unspecified atom stereocenters. The van der Waals surface area contributed by atoms with Crippen LogP contribution in [0.1, 0.15) is 44.9 Å². The van der Waals surface area contributed by atoms with Crippen molar-refractivity contribution in [3.63, 3.8) is 0 Å². The van der Waals surface area contributed by atoms with Gasteiger partial charge in [0.2, 0.25) is 0 Å². The lowest BCUT2D eigenvalue weighted by atomic mass is 9.97. The van der Waals surface area contributed by atoms with Crippen molar-refractivity contribution in [1.29, 1.82) is 5.26 Å². The zero-order valence-electron chi connectivity index (χ0n) is 11.6. The molecule has 5 nitrogen and oxygen atoms in total. The Bertz CT molecular complexity index is 437. The van der Waals surface area contributed by atoms with Gasteiger partial charge in [-0.15, -0.1) is 0 Å². The van der Waals surface area contributed by atoms with Crippen LogP contribution in [0.3, 0.4) is 0 Å². The van der Waals surface area contributed by atoms with Gasteiger partial charge in [-0.05, 0) is 31.6 Å². The first-order chi connectivity index (χ1) is 9.07. The molecule has 0 radical (unpaired) electrons. The summed E-state index contributed by atoms with van der Waals surface area (Å²) in [5.41, 5.74) is 0. The van der Waals surface area contributed by atoms with Gasteiger partial charge in [-0.25, -0.2) is 0 Å². The van der Waals surface area contributed by atoms with Crippen molar-refractivity contribution in [2.45, 2.75) is 51.0 Å². The largest absolute Gasteiger partial charge is 0.282 e. The van der Waals surface area contributed by atoms with E-state index in [1.54, 1.807) is 11.4 Å². The Morgan fingerprint density at radius 1 is 1.26 bits per heavy atom. The van der Waals surface area contributed by atoms with Gasteiger partial charge in [0, 0.05) is 32.6 Å². The van der Waals surface area contributed by atoms with Crippen LogP contribution in [0.25, 0.3) is 0 Å². The summed E-state index contributed by atoms with van der Waals surface area (Å²) >= 11 is 0. The van der Waals surface area contributed by atoms with E-state index in [1.165, 1.54) is 30.0 Å². The van der Waals surface area contributed by atoms with Gasteiger partial charge in [-0.2, -0.15) is 22.3 Å². The van der Waals surface area contributed by atoms with Crippen molar-refractivity contribution in [2.75, 3.05) is 20.1 Å². The van der Waals surface area contributed by atoms with Gasteiger partial charge in [0.15, 0.2) is 0 Å². The van der Waals surface area contributed by atoms with Gasteiger partial charge in [0.05, 0.1) is 6.07 Å². The summed E-state index contributed by atoms with van der Waals surface area (Å²) in [6.45, 7) is 0.924. The molecule has 108 valence electrons. The highest BCUT2D eigenvalue weighted by Gasteiger charge is 2.41. The van der Waals surface area contributed by atoms with E-state index in [2.05, 4.69) is 0 Å². The maximum Gasteiger partial charge on any atom is 0.282 e. The molecule has 19 heavy (non-hydrogen) atoms. The lowest BCUT2D eigenvalue weighted by molar-refractivity contribution is 0.271. The molecule has 1 saturated carbocycles. The van der Waals surface area contributed by atoms with Gasteiger partial charge in [-0.3, -0.25) is 0 Å². The fourth-order valence-electron chi connectivity index (χ4n) is 3.37. The second-order valence-corrected chi connectivity index (χ2v) is 7.59. The van der Waals surface area contributed by atoms with Gasteiger partial charge in [-0.1, -0.05) is 12.8 Å². The molecular formula is C13H23N3O2S. The summed E-state index contributed by atoms with van der Waals surface area (Å²) < 4.78 is 28.1. The highest BCUT2D eigenvalue weighted by atomic mass is 32.2. The van der Waals surface area contributed by atoms with Gasteiger partial charge >= 0.3 is 0 Å². The molecule has 0 aromatic heterocycles. The average molecular weight is 285 g/mol. The van der Waals surface area contributed by atoms with Crippen LogP contribution in [0, 0.1) is 17.2 Å². The third-order valence-corrected chi connectivity index (χ3v) is 6.44. The molecule has 2 fully saturated rings. The molecule has 0 spiro atoms. The average Bonchev–Trinajstić information content (AvgIpc) is 3.04. The number of nitriles is 1.